The Morgan fingerprint density at radius 1 is 1.41 bits per heavy atom. The first-order valence-corrected chi connectivity index (χ1v) is 6.20. The van der Waals surface area contributed by atoms with Gasteiger partial charge in [-0.05, 0) is 18.2 Å². The molecule has 0 fully saturated rings. The molecule has 89 valence electrons. The molecule has 2 aromatic rings. The fourth-order valence-corrected chi connectivity index (χ4v) is 2.52. The summed E-state index contributed by atoms with van der Waals surface area (Å²) >= 11 is 5.76. The minimum absolute atomic E-state index is 0.110. The lowest BCUT2D eigenvalue weighted by molar-refractivity contribution is 0.242. The van der Waals surface area contributed by atoms with E-state index in [4.69, 9.17) is 16.8 Å². The highest BCUT2D eigenvalue weighted by Crippen LogP contribution is 2.25. The van der Waals surface area contributed by atoms with Gasteiger partial charge in [0.15, 0.2) is 0 Å². The first-order valence-electron chi connectivity index (χ1n) is 4.34. The number of aromatic nitrogens is 1. The van der Waals surface area contributed by atoms with E-state index in [0.717, 1.165) is 0 Å². The number of rotatable bonds is 2. The number of nitrogens with one attached hydrogen (secondary N) is 2. The Kier molecular flexibility index (Phi) is 2.92. The predicted molar refractivity (Wildman–Crippen MR) is 60.5 cm³/mol. The Labute approximate surface area is 101 Å². The highest BCUT2D eigenvalue weighted by molar-refractivity contribution is 7.89. The lowest BCUT2D eigenvalue weighted by Crippen LogP contribution is -2.19. The summed E-state index contributed by atoms with van der Waals surface area (Å²) in [7, 11) is -4.06. The number of halogens is 1. The van der Waals surface area contributed by atoms with Crippen molar-refractivity contribution in [1.29, 1.82) is 0 Å². The lowest BCUT2D eigenvalue weighted by Gasteiger charge is -2.05. The highest BCUT2D eigenvalue weighted by Gasteiger charge is 2.17. The summed E-state index contributed by atoms with van der Waals surface area (Å²) in [6.07, 6.45) is 0. The first-order chi connectivity index (χ1) is 7.94. The molecule has 1 heterocycles. The van der Waals surface area contributed by atoms with Crippen LogP contribution in [0.2, 0.25) is 5.02 Å². The van der Waals surface area contributed by atoms with Crippen molar-refractivity contribution in [3.8, 4) is 0 Å². The average molecular weight is 274 g/mol. The fourth-order valence-electron chi connectivity index (χ4n) is 1.35. The molecule has 0 spiro atoms. The van der Waals surface area contributed by atoms with Crippen LogP contribution >= 0.6 is 11.6 Å². The van der Waals surface area contributed by atoms with E-state index >= 15 is 0 Å². The zero-order valence-electron chi connectivity index (χ0n) is 8.19. The number of hydrogen-bond donors (Lipinski definition) is 3. The monoisotopic (exact) mass is 273 g/mol. The summed E-state index contributed by atoms with van der Waals surface area (Å²) in [6, 6.07) is 6.21. The molecule has 0 aliphatic rings. The molecule has 0 aliphatic carbocycles. The fraction of sp³-hybridized carbons (Fsp3) is 0. The molecular formula is C9H6ClN2O4S. The molecule has 0 amide bonds. The standard InChI is InChI=1S/C9H6ClN2O4S/c10-6-4-7-5(1-2-9(13)11-7)3-8(6)17(15,16)12-14/h1,3-4,12,14H,(H,11,13). The zero-order valence-corrected chi connectivity index (χ0v) is 9.76. The number of sulfonamides is 1. The average Bonchev–Trinajstić information content (AvgIpc) is 2.27. The van der Waals surface area contributed by atoms with Crippen LogP contribution in [0.5, 0.6) is 0 Å². The largest absolute Gasteiger partial charge is 0.321 e. The van der Waals surface area contributed by atoms with Gasteiger partial charge < -0.3 is 10.2 Å². The maximum absolute atomic E-state index is 11.4. The van der Waals surface area contributed by atoms with Crippen molar-refractivity contribution in [2.75, 3.05) is 0 Å². The van der Waals surface area contributed by atoms with Crippen molar-refractivity contribution in [2.45, 2.75) is 4.90 Å². The SMILES string of the molecule is O=c1[c]cc2cc(S(=O)(=O)NO)c(Cl)cc2[nH]1. The van der Waals surface area contributed by atoms with E-state index < -0.39 is 15.6 Å². The van der Waals surface area contributed by atoms with Gasteiger partial charge in [-0.25, -0.2) is 8.42 Å². The number of H-pyrrole nitrogens is 1. The van der Waals surface area contributed by atoms with Crippen LogP contribution in [0.1, 0.15) is 0 Å². The van der Waals surface area contributed by atoms with E-state index in [2.05, 4.69) is 11.1 Å². The maximum Gasteiger partial charge on any atom is 0.263 e. The third-order valence-electron chi connectivity index (χ3n) is 2.12. The van der Waals surface area contributed by atoms with Gasteiger partial charge in [0.1, 0.15) is 4.90 Å². The zero-order chi connectivity index (χ0) is 12.6. The van der Waals surface area contributed by atoms with Crippen LogP contribution in [0.3, 0.4) is 0 Å². The second kappa shape index (κ2) is 4.11. The van der Waals surface area contributed by atoms with Gasteiger partial charge in [0, 0.05) is 10.9 Å². The van der Waals surface area contributed by atoms with Crippen LogP contribution < -0.4 is 10.4 Å². The summed E-state index contributed by atoms with van der Waals surface area (Å²) in [5.41, 5.74) is -0.0555. The van der Waals surface area contributed by atoms with Crippen molar-refractivity contribution >= 4 is 32.5 Å². The molecule has 1 radical (unpaired) electrons. The minimum Gasteiger partial charge on any atom is -0.321 e. The van der Waals surface area contributed by atoms with Gasteiger partial charge in [0.05, 0.1) is 11.1 Å². The van der Waals surface area contributed by atoms with Crippen LogP contribution in [-0.2, 0) is 10.0 Å². The molecule has 0 atom stereocenters. The number of hydrogen-bond acceptors (Lipinski definition) is 4. The van der Waals surface area contributed by atoms with E-state index in [0.29, 0.717) is 10.9 Å². The second-order valence-electron chi connectivity index (χ2n) is 3.21. The molecule has 0 bridgehead atoms. The van der Waals surface area contributed by atoms with Gasteiger partial charge in [-0.3, -0.25) is 4.79 Å². The molecule has 1 aromatic heterocycles. The lowest BCUT2D eigenvalue weighted by atomic mass is 10.2. The van der Waals surface area contributed by atoms with Crippen LogP contribution in [0.15, 0.2) is 27.9 Å². The van der Waals surface area contributed by atoms with E-state index in [9.17, 15) is 13.2 Å². The quantitative estimate of drug-likeness (QED) is 0.700. The molecule has 8 heteroatoms. The highest BCUT2D eigenvalue weighted by atomic mass is 35.5. The Hall–Kier alpha value is -1.41. The first kappa shape index (κ1) is 12.1. The normalized spacial score (nSPS) is 11.9. The van der Waals surface area contributed by atoms with Gasteiger partial charge >= 0.3 is 0 Å². The molecular weight excluding hydrogens is 268 g/mol. The topological polar surface area (TPSA) is 99.3 Å². The molecule has 0 aliphatic heterocycles. The van der Waals surface area contributed by atoms with Crippen LogP contribution in [0.25, 0.3) is 10.9 Å². The van der Waals surface area contributed by atoms with E-state index in [1.54, 1.807) is 0 Å². The summed E-state index contributed by atoms with van der Waals surface area (Å²) in [4.78, 5) is 14.4. The number of aromatic amines is 1. The molecule has 3 N–H and O–H groups in total. The Bertz CT molecular complexity index is 738. The molecule has 2 rings (SSSR count). The molecule has 0 saturated carbocycles. The summed E-state index contributed by atoms with van der Waals surface area (Å²) in [6.45, 7) is 0. The number of fused-ring (bicyclic) bond motifs is 1. The molecule has 17 heavy (non-hydrogen) atoms. The Morgan fingerprint density at radius 3 is 2.76 bits per heavy atom. The number of benzene rings is 1. The summed E-state index contributed by atoms with van der Waals surface area (Å²) < 4.78 is 22.8. The Balaban J connectivity index is 2.81. The van der Waals surface area contributed by atoms with Crippen LogP contribution in [0.4, 0.5) is 0 Å². The molecule has 0 saturated heterocycles. The molecule has 6 nitrogen and oxygen atoms in total. The van der Waals surface area contributed by atoms with Gasteiger partial charge in [0.2, 0.25) is 0 Å². The molecule has 0 unspecified atom stereocenters. The van der Waals surface area contributed by atoms with Crippen molar-refractivity contribution in [1.82, 2.24) is 9.87 Å². The van der Waals surface area contributed by atoms with Gasteiger partial charge in [-0.2, -0.15) is 0 Å². The van der Waals surface area contributed by atoms with E-state index in [1.807, 2.05) is 0 Å². The van der Waals surface area contributed by atoms with Crippen molar-refractivity contribution in [2.24, 2.45) is 0 Å². The minimum atomic E-state index is -4.06. The Morgan fingerprint density at radius 2 is 2.12 bits per heavy atom. The van der Waals surface area contributed by atoms with Crippen molar-refractivity contribution in [3.63, 3.8) is 0 Å². The maximum atomic E-state index is 11.4. The van der Waals surface area contributed by atoms with Crippen molar-refractivity contribution < 1.29 is 13.6 Å². The van der Waals surface area contributed by atoms with E-state index in [-0.39, 0.29) is 9.92 Å². The van der Waals surface area contributed by atoms with Gasteiger partial charge in [-0.1, -0.05) is 16.5 Å². The molecule has 1 aromatic carbocycles. The third-order valence-corrected chi connectivity index (χ3v) is 3.70. The predicted octanol–water partition coefficient (Wildman–Crippen LogP) is 0.649. The smallest absolute Gasteiger partial charge is 0.263 e. The summed E-state index contributed by atoms with van der Waals surface area (Å²) in [5.74, 6) is 0. The van der Waals surface area contributed by atoms with Gasteiger partial charge in [0.25, 0.3) is 15.6 Å². The number of pyridine rings is 1. The van der Waals surface area contributed by atoms with Crippen molar-refractivity contribution in [3.05, 3.63) is 39.6 Å². The van der Waals surface area contributed by atoms with Crippen LogP contribution in [-0.4, -0.2) is 18.6 Å². The van der Waals surface area contributed by atoms with Gasteiger partial charge in [-0.15, -0.1) is 0 Å². The van der Waals surface area contributed by atoms with E-state index in [1.165, 1.54) is 23.1 Å². The summed E-state index contributed by atoms with van der Waals surface area (Å²) in [5, 5.41) is 8.85. The second-order valence-corrected chi connectivity index (χ2v) is 5.24. The third kappa shape index (κ3) is 2.18. The van der Waals surface area contributed by atoms with Crippen LogP contribution in [0, 0.1) is 6.07 Å².